The number of ether oxygens (including phenoxy) is 1. The van der Waals surface area contributed by atoms with Crippen LogP contribution in [-0.2, 0) is 9.53 Å². The lowest BCUT2D eigenvalue weighted by atomic mass is 10.0. The minimum Gasteiger partial charge on any atom is -0.457 e. The molecule has 0 fully saturated rings. The van der Waals surface area contributed by atoms with Gasteiger partial charge in [-0.15, -0.1) is 0 Å². The lowest BCUT2D eigenvalue weighted by Crippen LogP contribution is -2.35. The number of aliphatic hydroxyl groups is 1. The van der Waals surface area contributed by atoms with E-state index in [0.29, 0.717) is 26.9 Å². The first kappa shape index (κ1) is 33.7. The number of fused-ring (bicyclic) bond motifs is 2. The van der Waals surface area contributed by atoms with E-state index in [4.69, 9.17) is 0 Å². The van der Waals surface area contributed by atoms with Crippen LogP contribution in [0.1, 0.15) is 15.9 Å². The quantitative estimate of drug-likeness (QED) is 0.112. The van der Waals surface area contributed by atoms with E-state index < -0.39 is 66.1 Å². The highest BCUT2D eigenvalue weighted by molar-refractivity contribution is 6.06. The number of nitrogens with one attached hydrogen (secondary N) is 3. The zero-order chi connectivity index (χ0) is 35.7. The molecule has 0 radical (unpaired) electrons. The van der Waals surface area contributed by atoms with Crippen LogP contribution >= 0.6 is 0 Å². The molecule has 0 saturated heterocycles. The van der Waals surface area contributed by atoms with E-state index in [1.165, 1.54) is 6.07 Å². The van der Waals surface area contributed by atoms with Crippen molar-refractivity contribution in [2.45, 2.75) is 19.1 Å². The summed E-state index contributed by atoms with van der Waals surface area (Å²) in [5, 5.41) is 16.2. The number of hydrogen-bond donors (Lipinski definition) is 4. The molecule has 11 nitrogen and oxygen atoms in total. The predicted octanol–water partition coefficient (Wildman–Crippen LogP) is 5.65. The number of aromatic amines is 1. The van der Waals surface area contributed by atoms with Crippen molar-refractivity contribution in [1.29, 1.82) is 0 Å². The third-order valence-corrected chi connectivity index (χ3v) is 7.68. The zero-order valence-electron chi connectivity index (χ0n) is 25.8. The fourth-order valence-electron chi connectivity index (χ4n) is 5.24. The number of carbonyl (C=O) groups is 2. The first-order valence-electron chi connectivity index (χ1n) is 14.8. The zero-order valence-corrected chi connectivity index (χ0v) is 25.8. The topological polar surface area (TPSA) is 151 Å². The Morgan fingerprint density at radius 1 is 1.00 bits per heavy atom. The molecule has 0 aliphatic rings. The summed E-state index contributed by atoms with van der Waals surface area (Å²) in [6.45, 7) is -0.119. The molecule has 6 aromatic rings. The number of benzene rings is 3. The van der Waals surface area contributed by atoms with Crippen LogP contribution in [0.2, 0.25) is 0 Å². The van der Waals surface area contributed by atoms with Crippen molar-refractivity contribution >= 4 is 45.4 Å². The number of anilines is 2. The number of halogens is 5. The van der Waals surface area contributed by atoms with Crippen LogP contribution in [-0.4, -0.2) is 61.9 Å². The average Bonchev–Trinajstić information content (AvgIpc) is 3.55. The Morgan fingerprint density at radius 2 is 1.76 bits per heavy atom. The van der Waals surface area contributed by atoms with Crippen molar-refractivity contribution in [2.24, 2.45) is 0 Å². The standard InChI is InChI=1S/C34H25F5N6O5/c1-17-5-7-20(41-31(48)19-6-9-26-18(13-19)11-12-40-26)14-23(17)28-22-8-10-27(47)45(29-24(35)3-2-4-25(29)36)30(22)44-33(43-28)42-21(15-46)16-50-32(49)34(37,38)39/h2-14,21,40,46H,15-16H2,1H3,(H,41,48)(H,42,43,44). The van der Waals surface area contributed by atoms with Gasteiger partial charge in [0, 0.05) is 45.4 Å². The molecule has 3 aromatic carbocycles. The van der Waals surface area contributed by atoms with Crippen molar-refractivity contribution in [2.75, 3.05) is 23.8 Å². The average molecular weight is 693 g/mol. The Labute approximate surface area is 278 Å². The number of aliphatic hydroxyl groups excluding tert-OH is 1. The Balaban J connectivity index is 1.47. The number of rotatable bonds is 9. The lowest BCUT2D eigenvalue weighted by molar-refractivity contribution is -0.200. The second-order valence-electron chi connectivity index (χ2n) is 11.1. The number of para-hydroxylation sites is 1. The van der Waals surface area contributed by atoms with Gasteiger partial charge in [-0.05, 0) is 67.1 Å². The molecule has 256 valence electrons. The largest absolute Gasteiger partial charge is 0.490 e. The molecule has 0 saturated carbocycles. The Bertz CT molecular complexity index is 2320. The number of aromatic nitrogens is 4. The van der Waals surface area contributed by atoms with Crippen LogP contribution in [0.5, 0.6) is 0 Å². The van der Waals surface area contributed by atoms with Gasteiger partial charge in [0.25, 0.3) is 11.5 Å². The van der Waals surface area contributed by atoms with Gasteiger partial charge in [-0.3, -0.25) is 14.2 Å². The second-order valence-corrected chi connectivity index (χ2v) is 11.1. The van der Waals surface area contributed by atoms with Crippen LogP contribution in [0.15, 0.2) is 83.8 Å². The second kappa shape index (κ2) is 13.4. The number of carbonyl (C=O) groups excluding carboxylic acids is 2. The van der Waals surface area contributed by atoms with Gasteiger partial charge in [0.05, 0.1) is 18.3 Å². The van der Waals surface area contributed by atoms with Crippen molar-refractivity contribution in [3.63, 3.8) is 0 Å². The number of H-pyrrole nitrogens is 1. The Morgan fingerprint density at radius 3 is 2.48 bits per heavy atom. The van der Waals surface area contributed by atoms with E-state index in [1.807, 2.05) is 6.07 Å². The summed E-state index contributed by atoms with van der Waals surface area (Å²) in [7, 11) is 0. The fourth-order valence-corrected chi connectivity index (χ4v) is 5.24. The summed E-state index contributed by atoms with van der Waals surface area (Å²) >= 11 is 0. The van der Waals surface area contributed by atoms with Crippen LogP contribution in [0, 0.1) is 18.6 Å². The SMILES string of the molecule is Cc1ccc(NC(=O)c2ccc3[nH]ccc3c2)cc1-c1nc(NC(CO)COC(=O)C(F)(F)F)nc2c1ccc(=O)n2-c1c(F)cccc1F. The van der Waals surface area contributed by atoms with E-state index >= 15 is 8.78 Å². The Hall–Kier alpha value is -6.16. The molecular formula is C34H25F5N6O5. The van der Waals surface area contributed by atoms with E-state index in [0.717, 1.165) is 35.2 Å². The molecule has 50 heavy (non-hydrogen) atoms. The van der Waals surface area contributed by atoms with Crippen LogP contribution in [0.4, 0.5) is 33.6 Å². The van der Waals surface area contributed by atoms with E-state index in [-0.39, 0.29) is 16.7 Å². The van der Waals surface area contributed by atoms with Gasteiger partial charge in [-0.1, -0.05) is 12.1 Å². The monoisotopic (exact) mass is 692 g/mol. The molecule has 3 aromatic heterocycles. The molecular weight excluding hydrogens is 667 g/mol. The number of esters is 1. The third kappa shape index (κ3) is 6.73. The smallest absolute Gasteiger partial charge is 0.457 e. The normalized spacial score (nSPS) is 12.2. The highest BCUT2D eigenvalue weighted by Gasteiger charge is 2.41. The first-order valence-corrected chi connectivity index (χ1v) is 14.8. The minimum absolute atomic E-state index is 0.0781. The van der Waals surface area contributed by atoms with Crippen LogP contribution in [0.3, 0.4) is 0 Å². The van der Waals surface area contributed by atoms with Crippen molar-refractivity contribution < 1.29 is 41.4 Å². The summed E-state index contributed by atoms with van der Waals surface area (Å²) in [6, 6.07) is 15.8. The van der Waals surface area contributed by atoms with Gasteiger partial charge in [-0.25, -0.2) is 18.6 Å². The third-order valence-electron chi connectivity index (χ3n) is 7.68. The van der Waals surface area contributed by atoms with Crippen LogP contribution < -0.4 is 16.2 Å². The lowest BCUT2D eigenvalue weighted by Gasteiger charge is -2.20. The summed E-state index contributed by atoms with van der Waals surface area (Å²) in [5.41, 5.74) is 0.622. The molecule has 1 unspecified atom stereocenters. The van der Waals surface area contributed by atoms with Crippen molar-refractivity contribution in [3.8, 4) is 16.9 Å². The van der Waals surface area contributed by atoms with Gasteiger partial charge in [0.2, 0.25) is 5.95 Å². The molecule has 0 aliphatic carbocycles. The van der Waals surface area contributed by atoms with E-state index in [1.54, 1.807) is 49.5 Å². The van der Waals surface area contributed by atoms with Crippen LogP contribution in [0.25, 0.3) is 38.9 Å². The summed E-state index contributed by atoms with van der Waals surface area (Å²) in [6.07, 6.45) is -3.55. The van der Waals surface area contributed by atoms with Gasteiger partial charge in [-0.2, -0.15) is 18.2 Å². The highest BCUT2D eigenvalue weighted by atomic mass is 19.4. The maximum atomic E-state index is 15.1. The number of nitrogens with zero attached hydrogens (tertiary/aromatic N) is 3. The molecule has 16 heteroatoms. The summed E-state index contributed by atoms with van der Waals surface area (Å²) < 4.78 is 73.3. The number of alkyl halides is 3. The van der Waals surface area contributed by atoms with Crippen molar-refractivity contribution in [1.82, 2.24) is 19.5 Å². The van der Waals surface area contributed by atoms with Gasteiger partial charge < -0.3 is 25.5 Å². The van der Waals surface area contributed by atoms with Crippen molar-refractivity contribution in [3.05, 3.63) is 112 Å². The first-order chi connectivity index (χ1) is 23.8. The maximum absolute atomic E-state index is 15.1. The number of amides is 1. The number of hydrogen-bond acceptors (Lipinski definition) is 8. The molecule has 1 atom stereocenters. The summed E-state index contributed by atoms with van der Waals surface area (Å²) in [5.74, 6) is -5.52. The fraction of sp³-hybridized carbons (Fsp3) is 0.147. The minimum atomic E-state index is -5.29. The van der Waals surface area contributed by atoms with E-state index in [2.05, 4.69) is 30.3 Å². The van der Waals surface area contributed by atoms with Gasteiger partial charge in [0.15, 0.2) is 5.65 Å². The predicted molar refractivity (Wildman–Crippen MR) is 173 cm³/mol. The molecule has 4 N–H and O–H groups in total. The Kier molecular flexibility index (Phi) is 9.03. The molecule has 0 bridgehead atoms. The summed E-state index contributed by atoms with van der Waals surface area (Å²) in [4.78, 5) is 49.5. The van der Waals surface area contributed by atoms with Gasteiger partial charge in [0.1, 0.15) is 23.9 Å². The maximum Gasteiger partial charge on any atom is 0.490 e. The highest BCUT2D eigenvalue weighted by Crippen LogP contribution is 2.33. The van der Waals surface area contributed by atoms with E-state index in [9.17, 15) is 32.7 Å². The number of pyridine rings is 1. The molecule has 0 spiro atoms. The number of aryl methyl sites for hydroxylation is 1. The molecule has 6 rings (SSSR count). The molecule has 3 heterocycles. The molecule has 0 aliphatic heterocycles. The molecule has 1 amide bonds. The van der Waals surface area contributed by atoms with Gasteiger partial charge >= 0.3 is 12.1 Å².